The van der Waals surface area contributed by atoms with Gasteiger partial charge in [-0.3, -0.25) is 25.0 Å². The predicted molar refractivity (Wildman–Crippen MR) is 91.7 cm³/mol. The lowest BCUT2D eigenvalue weighted by molar-refractivity contribution is -0.384. The van der Waals surface area contributed by atoms with Gasteiger partial charge in [0.25, 0.3) is 17.3 Å². The monoisotopic (exact) mass is 375 g/mol. The minimum atomic E-state index is -0.875. The zero-order valence-corrected chi connectivity index (χ0v) is 13.9. The van der Waals surface area contributed by atoms with E-state index in [1.54, 1.807) is 0 Å². The van der Waals surface area contributed by atoms with Gasteiger partial charge in [-0.25, -0.2) is 4.79 Å². The predicted octanol–water partition coefficient (Wildman–Crippen LogP) is 2.31. The Bertz CT molecular complexity index is 895. The summed E-state index contributed by atoms with van der Waals surface area (Å²) < 4.78 is 9.74. The molecule has 1 amide bonds. The molecule has 0 radical (unpaired) electrons. The summed E-state index contributed by atoms with van der Waals surface area (Å²) in [5, 5.41) is 23.9. The summed E-state index contributed by atoms with van der Waals surface area (Å²) in [5.41, 5.74) is -0.656. The Morgan fingerprint density at radius 1 is 1.04 bits per heavy atom. The molecular formula is C16H13N3O8. The second-order valence-corrected chi connectivity index (χ2v) is 5.07. The number of rotatable bonds is 7. The van der Waals surface area contributed by atoms with Gasteiger partial charge in [0, 0.05) is 24.3 Å². The average Bonchev–Trinajstić information content (AvgIpc) is 2.65. The van der Waals surface area contributed by atoms with E-state index in [-0.39, 0.29) is 22.6 Å². The van der Waals surface area contributed by atoms with Gasteiger partial charge in [-0.1, -0.05) is 0 Å². The highest BCUT2D eigenvalue weighted by Gasteiger charge is 2.18. The molecule has 0 spiro atoms. The molecule has 0 bridgehead atoms. The number of hydrogen-bond acceptors (Lipinski definition) is 8. The van der Waals surface area contributed by atoms with E-state index < -0.39 is 28.3 Å². The first kappa shape index (κ1) is 19.3. The Hall–Kier alpha value is -4.02. The number of non-ortho nitro benzene ring substituents is 1. The minimum Gasteiger partial charge on any atom is -0.497 e. The number of anilines is 1. The molecule has 27 heavy (non-hydrogen) atoms. The van der Waals surface area contributed by atoms with Crippen LogP contribution < -0.4 is 10.1 Å². The Kier molecular flexibility index (Phi) is 5.99. The van der Waals surface area contributed by atoms with Crippen molar-refractivity contribution in [3.05, 3.63) is 68.3 Å². The number of nitro benzene ring substituents is 2. The quantitative estimate of drug-likeness (QED) is 0.440. The van der Waals surface area contributed by atoms with Gasteiger partial charge >= 0.3 is 5.97 Å². The molecule has 11 nitrogen and oxygen atoms in total. The Labute approximate surface area is 151 Å². The average molecular weight is 375 g/mol. The number of hydrogen-bond donors (Lipinski definition) is 1. The summed E-state index contributed by atoms with van der Waals surface area (Å²) >= 11 is 0. The molecule has 0 aliphatic carbocycles. The summed E-state index contributed by atoms with van der Waals surface area (Å²) in [7, 11) is 1.36. The van der Waals surface area contributed by atoms with Crippen LogP contribution in [0.5, 0.6) is 5.75 Å². The lowest BCUT2D eigenvalue weighted by atomic mass is 10.2. The Balaban J connectivity index is 2.01. The van der Waals surface area contributed by atoms with Crippen molar-refractivity contribution < 1.29 is 28.9 Å². The highest BCUT2D eigenvalue weighted by Crippen LogP contribution is 2.28. The van der Waals surface area contributed by atoms with E-state index in [1.807, 2.05) is 0 Å². The first-order valence-corrected chi connectivity index (χ1v) is 7.35. The van der Waals surface area contributed by atoms with Gasteiger partial charge < -0.3 is 14.8 Å². The van der Waals surface area contributed by atoms with Crippen molar-refractivity contribution in [3.8, 4) is 5.75 Å². The van der Waals surface area contributed by atoms with Crippen LogP contribution in [0.4, 0.5) is 17.1 Å². The van der Waals surface area contributed by atoms with E-state index in [4.69, 9.17) is 9.47 Å². The fourth-order valence-corrected chi connectivity index (χ4v) is 2.02. The van der Waals surface area contributed by atoms with E-state index >= 15 is 0 Å². The molecule has 0 saturated heterocycles. The normalized spacial score (nSPS) is 9.96. The fraction of sp³-hybridized carbons (Fsp3) is 0.125. The smallest absolute Gasteiger partial charge is 0.338 e. The number of esters is 1. The van der Waals surface area contributed by atoms with Gasteiger partial charge in [0.1, 0.15) is 11.4 Å². The molecule has 0 heterocycles. The number of ether oxygens (including phenoxy) is 2. The third kappa shape index (κ3) is 4.98. The van der Waals surface area contributed by atoms with Crippen LogP contribution in [-0.4, -0.2) is 35.4 Å². The Morgan fingerprint density at radius 3 is 2.26 bits per heavy atom. The van der Waals surface area contributed by atoms with Crippen molar-refractivity contribution >= 4 is 28.9 Å². The topological polar surface area (TPSA) is 151 Å². The molecule has 2 aromatic rings. The van der Waals surface area contributed by atoms with E-state index in [0.717, 1.165) is 18.2 Å². The third-order valence-corrected chi connectivity index (χ3v) is 3.32. The number of carbonyl (C=O) groups is 2. The molecule has 0 unspecified atom stereocenters. The van der Waals surface area contributed by atoms with Gasteiger partial charge in [0.2, 0.25) is 0 Å². The van der Waals surface area contributed by atoms with Crippen LogP contribution in [0.25, 0.3) is 0 Å². The largest absolute Gasteiger partial charge is 0.497 e. The van der Waals surface area contributed by atoms with Crippen LogP contribution in [0.2, 0.25) is 0 Å². The van der Waals surface area contributed by atoms with Crippen LogP contribution in [0.15, 0.2) is 42.5 Å². The summed E-state index contributed by atoms with van der Waals surface area (Å²) in [6.45, 7) is -0.704. The molecule has 0 aliphatic rings. The zero-order chi connectivity index (χ0) is 20.0. The number of carbonyl (C=O) groups excluding carboxylic acids is 2. The zero-order valence-electron chi connectivity index (χ0n) is 13.9. The van der Waals surface area contributed by atoms with Crippen LogP contribution >= 0.6 is 0 Å². The number of amides is 1. The number of nitrogens with one attached hydrogen (secondary N) is 1. The fourth-order valence-electron chi connectivity index (χ4n) is 2.02. The second kappa shape index (κ2) is 8.38. The molecular weight excluding hydrogens is 362 g/mol. The molecule has 0 fully saturated rings. The first-order valence-electron chi connectivity index (χ1n) is 7.35. The standard InChI is InChI=1S/C16H13N3O8/c1-26-12-6-7-14(19(24)25)13(8-12)17-15(20)9-27-16(21)10-2-4-11(5-3-10)18(22)23/h2-8H,9H2,1H3,(H,17,20). The lowest BCUT2D eigenvalue weighted by Crippen LogP contribution is -2.21. The van der Waals surface area contributed by atoms with Gasteiger partial charge in [-0.2, -0.15) is 0 Å². The molecule has 2 rings (SSSR count). The first-order chi connectivity index (χ1) is 12.8. The van der Waals surface area contributed by atoms with Crippen molar-refractivity contribution in [3.63, 3.8) is 0 Å². The van der Waals surface area contributed by atoms with Crippen molar-refractivity contribution in [2.75, 3.05) is 19.0 Å². The summed E-state index contributed by atoms with van der Waals surface area (Å²) in [5.74, 6) is -1.39. The van der Waals surface area contributed by atoms with Crippen molar-refractivity contribution in [1.82, 2.24) is 0 Å². The van der Waals surface area contributed by atoms with Crippen LogP contribution in [0, 0.1) is 20.2 Å². The SMILES string of the molecule is COc1ccc([N+](=O)[O-])c(NC(=O)COC(=O)c2ccc([N+](=O)[O-])cc2)c1. The maximum Gasteiger partial charge on any atom is 0.338 e. The molecule has 2 aromatic carbocycles. The minimum absolute atomic E-state index is 0.0146. The van der Waals surface area contributed by atoms with Crippen molar-refractivity contribution in [2.24, 2.45) is 0 Å². The summed E-state index contributed by atoms with van der Waals surface area (Å²) in [6, 6.07) is 8.40. The maximum atomic E-state index is 11.9. The molecule has 0 atom stereocenters. The van der Waals surface area contributed by atoms with Crippen LogP contribution in [0.3, 0.4) is 0 Å². The Morgan fingerprint density at radius 2 is 1.70 bits per heavy atom. The van der Waals surface area contributed by atoms with Gasteiger partial charge in [-0.15, -0.1) is 0 Å². The third-order valence-electron chi connectivity index (χ3n) is 3.32. The van der Waals surface area contributed by atoms with Crippen LogP contribution in [-0.2, 0) is 9.53 Å². The maximum absolute atomic E-state index is 11.9. The van der Waals surface area contributed by atoms with E-state index in [9.17, 15) is 29.8 Å². The van der Waals surface area contributed by atoms with E-state index in [1.165, 1.54) is 31.4 Å². The number of nitro groups is 2. The number of methoxy groups -OCH3 is 1. The van der Waals surface area contributed by atoms with E-state index in [2.05, 4.69) is 5.32 Å². The molecule has 11 heteroatoms. The number of benzene rings is 2. The molecule has 0 saturated carbocycles. The molecule has 140 valence electrons. The molecule has 0 aromatic heterocycles. The summed E-state index contributed by atoms with van der Waals surface area (Å²) in [6.07, 6.45) is 0. The highest BCUT2D eigenvalue weighted by atomic mass is 16.6. The number of nitrogens with zero attached hydrogens (tertiary/aromatic N) is 2. The highest BCUT2D eigenvalue weighted by molar-refractivity contribution is 5.97. The molecule has 1 N–H and O–H groups in total. The van der Waals surface area contributed by atoms with Gasteiger partial charge in [0.15, 0.2) is 6.61 Å². The molecule has 0 aliphatic heterocycles. The van der Waals surface area contributed by atoms with E-state index in [0.29, 0.717) is 5.75 Å². The summed E-state index contributed by atoms with van der Waals surface area (Å²) in [4.78, 5) is 44.1. The lowest BCUT2D eigenvalue weighted by Gasteiger charge is -2.08. The van der Waals surface area contributed by atoms with Crippen LogP contribution in [0.1, 0.15) is 10.4 Å². The van der Waals surface area contributed by atoms with Gasteiger partial charge in [0.05, 0.1) is 22.5 Å². The second-order valence-electron chi connectivity index (χ2n) is 5.07. The van der Waals surface area contributed by atoms with Crippen molar-refractivity contribution in [1.29, 1.82) is 0 Å². The van der Waals surface area contributed by atoms with Crippen molar-refractivity contribution in [2.45, 2.75) is 0 Å². The van der Waals surface area contributed by atoms with Gasteiger partial charge in [-0.05, 0) is 18.2 Å².